The zero-order valence-electron chi connectivity index (χ0n) is 26.0. The average molecular weight is 559 g/mol. The SMILES string of the molecule is C=Nc1cc(C(=C)N2CCCCC2)cc(CC)c1N(C)Cc1cc2cccc(-c3ccc(C)c(CC)c3)c2n1C1CC1. The van der Waals surface area contributed by atoms with Crippen LogP contribution in [0.15, 0.2) is 66.2 Å². The van der Waals surface area contributed by atoms with E-state index in [-0.39, 0.29) is 0 Å². The summed E-state index contributed by atoms with van der Waals surface area (Å²) in [5.41, 5.74) is 13.9. The van der Waals surface area contributed by atoms with Crippen molar-refractivity contribution in [1.29, 1.82) is 0 Å². The van der Waals surface area contributed by atoms with E-state index in [9.17, 15) is 0 Å². The first kappa shape index (κ1) is 28.3. The van der Waals surface area contributed by atoms with Gasteiger partial charge >= 0.3 is 0 Å². The van der Waals surface area contributed by atoms with Gasteiger partial charge in [0.2, 0.25) is 0 Å². The molecular formula is C38H46N4. The van der Waals surface area contributed by atoms with E-state index in [1.165, 1.54) is 87.8 Å². The van der Waals surface area contributed by atoms with E-state index in [2.05, 4.69) is 115 Å². The average Bonchev–Trinajstić information content (AvgIpc) is 3.80. The monoisotopic (exact) mass is 558 g/mol. The van der Waals surface area contributed by atoms with Crippen molar-refractivity contribution in [3.8, 4) is 11.1 Å². The highest BCUT2D eigenvalue weighted by Crippen LogP contribution is 2.44. The van der Waals surface area contributed by atoms with Gasteiger partial charge in [-0.15, -0.1) is 0 Å². The minimum atomic E-state index is 0.570. The minimum absolute atomic E-state index is 0.570. The fourth-order valence-corrected chi connectivity index (χ4v) is 7.01. The van der Waals surface area contributed by atoms with Crippen molar-refractivity contribution in [3.63, 3.8) is 0 Å². The number of aliphatic imine (C=N–C) groups is 1. The Balaban J connectivity index is 1.39. The number of aromatic nitrogens is 1. The van der Waals surface area contributed by atoms with Gasteiger partial charge in [0, 0.05) is 48.5 Å². The first-order valence-electron chi connectivity index (χ1n) is 15.9. The Morgan fingerprint density at radius 1 is 0.952 bits per heavy atom. The van der Waals surface area contributed by atoms with Crippen LogP contribution in [-0.2, 0) is 19.4 Å². The van der Waals surface area contributed by atoms with Gasteiger partial charge in [0.1, 0.15) is 0 Å². The normalized spacial score (nSPS) is 15.3. The standard InChI is InChI=1S/C38H46N4/c1-7-28-21-30(16-15-26(28)3)35-14-12-13-31-23-34(42(37(31)35)33-17-18-33)25-40(6)38-29(8-2)22-32(24-36(38)39-5)27(4)41-19-10-9-11-20-41/h12-16,21-24,33H,4-5,7-11,17-20,25H2,1-3,6H3. The molecule has 0 amide bonds. The molecule has 6 rings (SSSR count). The Morgan fingerprint density at radius 2 is 1.71 bits per heavy atom. The molecule has 1 aliphatic heterocycles. The molecule has 0 atom stereocenters. The van der Waals surface area contributed by atoms with Gasteiger partial charge in [-0.1, -0.05) is 56.8 Å². The number of fused-ring (bicyclic) bond motifs is 1. The van der Waals surface area contributed by atoms with Crippen molar-refractivity contribution < 1.29 is 0 Å². The highest BCUT2D eigenvalue weighted by Gasteiger charge is 2.29. The van der Waals surface area contributed by atoms with Gasteiger partial charge in [-0.3, -0.25) is 4.99 Å². The zero-order valence-corrected chi connectivity index (χ0v) is 26.0. The number of nitrogens with zero attached hydrogens (tertiary/aromatic N) is 4. The van der Waals surface area contributed by atoms with Crippen LogP contribution in [0.4, 0.5) is 11.4 Å². The second-order valence-electron chi connectivity index (χ2n) is 12.3. The summed E-state index contributed by atoms with van der Waals surface area (Å²) in [6.45, 7) is 18.2. The van der Waals surface area contributed by atoms with Crippen LogP contribution in [0, 0.1) is 6.92 Å². The van der Waals surface area contributed by atoms with Crippen molar-refractivity contribution in [2.75, 3.05) is 25.0 Å². The summed E-state index contributed by atoms with van der Waals surface area (Å²) in [5.74, 6) is 0. The first-order valence-corrected chi connectivity index (χ1v) is 15.9. The third-order valence-electron chi connectivity index (χ3n) is 9.46. The molecule has 218 valence electrons. The van der Waals surface area contributed by atoms with Crippen LogP contribution in [0.25, 0.3) is 27.7 Å². The molecule has 1 saturated heterocycles. The quantitative estimate of drug-likeness (QED) is 0.181. The minimum Gasteiger partial charge on any atom is -0.372 e. The van der Waals surface area contributed by atoms with Crippen LogP contribution in [-0.4, -0.2) is 36.3 Å². The van der Waals surface area contributed by atoms with Gasteiger partial charge in [-0.05, 0) is 105 Å². The molecule has 4 heteroatoms. The number of benzene rings is 3. The summed E-state index contributed by atoms with van der Waals surface area (Å²) in [6.07, 6.45) is 8.29. The number of aryl methyl sites for hydroxylation is 3. The highest BCUT2D eigenvalue weighted by molar-refractivity contribution is 5.96. The lowest BCUT2D eigenvalue weighted by molar-refractivity contribution is 0.326. The van der Waals surface area contributed by atoms with E-state index in [1.54, 1.807) is 0 Å². The molecule has 3 aromatic carbocycles. The van der Waals surface area contributed by atoms with E-state index in [1.807, 2.05) is 0 Å². The molecule has 2 heterocycles. The molecule has 4 aromatic rings. The number of para-hydroxylation sites is 1. The predicted molar refractivity (Wildman–Crippen MR) is 181 cm³/mol. The molecule has 0 spiro atoms. The molecule has 2 fully saturated rings. The Kier molecular flexibility index (Phi) is 7.98. The summed E-state index contributed by atoms with van der Waals surface area (Å²) in [5, 5.41) is 1.33. The van der Waals surface area contributed by atoms with E-state index >= 15 is 0 Å². The number of hydrogen-bond acceptors (Lipinski definition) is 3. The molecule has 1 aromatic heterocycles. The van der Waals surface area contributed by atoms with Crippen molar-refractivity contribution in [2.45, 2.75) is 78.3 Å². The van der Waals surface area contributed by atoms with Crippen LogP contribution in [0.3, 0.4) is 0 Å². The Hall–Kier alpha value is -3.79. The summed E-state index contributed by atoms with van der Waals surface area (Å²) >= 11 is 0. The zero-order chi connectivity index (χ0) is 29.4. The number of rotatable bonds is 10. The van der Waals surface area contributed by atoms with Gasteiger partial charge in [0.15, 0.2) is 0 Å². The smallest absolute Gasteiger partial charge is 0.0865 e. The first-order chi connectivity index (χ1) is 20.4. The second-order valence-corrected chi connectivity index (χ2v) is 12.3. The highest BCUT2D eigenvalue weighted by atomic mass is 15.2. The molecular weight excluding hydrogens is 512 g/mol. The van der Waals surface area contributed by atoms with Gasteiger partial charge in [-0.2, -0.15) is 0 Å². The summed E-state index contributed by atoms with van der Waals surface area (Å²) in [6, 6.07) is 21.3. The maximum atomic E-state index is 4.56. The van der Waals surface area contributed by atoms with E-state index in [0.717, 1.165) is 43.9 Å². The third-order valence-corrected chi connectivity index (χ3v) is 9.46. The molecule has 0 unspecified atom stereocenters. The maximum Gasteiger partial charge on any atom is 0.0865 e. The van der Waals surface area contributed by atoms with Gasteiger partial charge < -0.3 is 14.4 Å². The Labute approximate surface area is 252 Å². The summed E-state index contributed by atoms with van der Waals surface area (Å²) < 4.78 is 2.64. The van der Waals surface area contributed by atoms with E-state index < -0.39 is 0 Å². The largest absolute Gasteiger partial charge is 0.372 e. The lowest BCUT2D eigenvalue weighted by Gasteiger charge is -2.32. The molecule has 42 heavy (non-hydrogen) atoms. The maximum absolute atomic E-state index is 4.56. The topological polar surface area (TPSA) is 23.8 Å². The lowest BCUT2D eigenvalue weighted by atomic mass is 9.97. The Morgan fingerprint density at radius 3 is 2.40 bits per heavy atom. The second kappa shape index (κ2) is 11.8. The molecule has 1 aliphatic carbocycles. The van der Waals surface area contributed by atoms with Crippen molar-refractivity contribution >= 4 is 34.7 Å². The molecule has 1 saturated carbocycles. The number of likely N-dealkylation sites (tertiary alicyclic amines) is 1. The van der Waals surface area contributed by atoms with Gasteiger partial charge in [0.05, 0.1) is 23.4 Å². The van der Waals surface area contributed by atoms with E-state index in [0.29, 0.717) is 6.04 Å². The lowest BCUT2D eigenvalue weighted by Crippen LogP contribution is -2.28. The van der Waals surface area contributed by atoms with Crippen molar-refractivity contribution in [1.82, 2.24) is 9.47 Å². The fourth-order valence-electron chi connectivity index (χ4n) is 7.01. The Bertz CT molecular complexity index is 1630. The predicted octanol–water partition coefficient (Wildman–Crippen LogP) is 9.50. The molecule has 0 N–H and O–H groups in total. The molecule has 0 radical (unpaired) electrons. The van der Waals surface area contributed by atoms with E-state index in [4.69, 9.17) is 0 Å². The fraction of sp³-hybridized carbons (Fsp3) is 0.395. The van der Waals surface area contributed by atoms with Crippen LogP contribution in [0.1, 0.15) is 79.9 Å². The van der Waals surface area contributed by atoms with Gasteiger partial charge in [-0.25, -0.2) is 0 Å². The van der Waals surface area contributed by atoms with Crippen LogP contribution in [0.5, 0.6) is 0 Å². The molecule has 2 aliphatic rings. The third kappa shape index (κ3) is 5.28. The summed E-state index contributed by atoms with van der Waals surface area (Å²) in [4.78, 5) is 9.40. The number of hydrogen-bond donors (Lipinski definition) is 0. The number of anilines is 1. The van der Waals surface area contributed by atoms with Crippen LogP contribution >= 0.6 is 0 Å². The molecule has 0 bridgehead atoms. The number of piperidine rings is 1. The van der Waals surface area contributed by atoms with Crippen molar-refractivity contribution in [2.24, 2.45) is 4.99 Å². The van der Waals surface area contributed by atoms with Gasteiger partial charge in [0.25, 0.3) is 0 Å². The molecule has 4 nitrogen and oxygen atoms in total. The van der Waals surface area contributed by atoms with Crippen LogP contribution < -0.4 is 4.90 Å². The van der Waals surface area contributed by atoms with Crippen LogP contribution in [0.2, 0.25) is 0 Å². The summed E-state index contributed by atoms with van der Waals surface area (Å²) in [7, 11) is 2.21. The van der Waals surface area contributed by atoms with Crippen molar-refractivity contribution in [3.05, 3.63) is 89.1 Å².